The second kappa shape index (κ2) is 3.82. The Labute approximate surface area is 104 Å². The zero-order valence-corrected chi connectivity index (χ0v) is 9.93. The van der Waals surface area contributed by atoms with E-state index in [1.807, 2.05) is 6.07 Å². The van der Waals surface area contributed by atoms with Crippen LogP contribution in [0.15, 0.2) is 6.20 Å². The van der Waals surface area contributed by atoms with Crippen LogP contribution in [0.3, 0.4) is 0 Å². The van der Waals surface area contributed by atoms with Gasteiger partial charge in [-0.15, -0.1) is 0 Å². The Balaban J connectivity index is 1.80. The Morgan fingerprint density at radius 2 is 2.33 bits per heavy atom. The predicted octanol–water partition coefficient (Wildman–Crippen LogP) is 0.794. The van der Waals surface area contributed by atoms with Crippen molar-refractivity contribution in [3.63, 3.8) is 0 Å². The van der Waals surface area contributed by atoms with Crippen LogP contribution in [0.5, 0.6) is 0 Å². The third-order valence-corrected chi connectivity index (χ3v) is 4.11. The molecule has 1 aromatic heterocycles. The molecule has 2 fully saturated rings. The van der Waals surface area contributed by atoms with E-state index in [2.05, 4.69) is 5.10 Å². The van der Waals surface area contributed by atoms with Crippen molar-refractivity contribution in [1.82, 2.24) is 9.78 Å². The number of nitrogens with zero attached hydrogens (tertiary/aromatic N) is 3. The first-order chi connectivity index (χ1) is 8.68. The molecule has 1 saturated carbocycles. The summed E-state index contributed by atoms with van der Waals surface area (Å²) in [5, 5.41) is 12.7. The van der Waals surface area contributed by atoms with Crippen molar-refractivity contribution in [2.24, 2.45) is 11.3 Å². The van der Waals surface area contributed by atoms with E-state index in [-0.39, 0.29) is 28.6 Å². The van der Waals surface area contributed by atoms with E-state index < -0.39 is 0 Å². The number of carbonyl (C=O) groups excluding carboxylic acids is 1. The van der Waals surface area contributed by atoms with E-state index in [1.165, 1.54) is 10.9 Å². The van der Waals surface area contributed by atoms with Crippen LogP contribution >= 0.6 is 0 Å². The molecule has 1 atom stereocenters. The number of nitriles is 1. The first kappa shape index (κ1) is 11.2. The van der Waals surface area contributed by atoms with Crippen LogP contribution < -0.4 is 5.73 Å². The third kappa shape index (κ3) is 1.51. The number of ether oxygens (including phenoxy) is 1. The lowest BCUT2D eigenvalue weighted by atomic mass is 9.94. The number of hydrogen-bond donors (Lipinski definition) is 1. The molecular formula is C12H14N4O2. The van der Waals surface area contributed by atoms with Gasteiger partial charge in [-0.3, -0.25) is 4.79 Å². The van der Waals surface area contributed by atoms with Crippen LogP contribution in [0.1, 0.15) is 29.6 Å². The number of rotatable bonds is 1. The molecule has 0 bridgehead atoms. The van der Waals surface area contributed by atoms with Crippen LogP contribution in [0.2, 0.25) is 0 Å². The Morgan fingerprint density at radius 3 is 2.94 bits per heavy atom. The molecule has 0 radical (unpaired) electrons. The molecule has 1 spiro atoms. The second-order valence-electron chi connectivity index (χ2n) is 5.04. The maximum Gasteiger partial charge on any atom is 0.252 e. The minimum absolute atomic E-state index is 0.0184. The highest BCUT2D eigenvalue weighted by Crippen LogP contribution is 2.59. The first-order valence-electron chi connectivity index (χ1n) is 6.03. The van der Waals surface area contributed by atoms with Crippen LogP contribution in [-0.2, 0) is 4.74 Å². The molecule has 94 valence electrons. The Bertz CT molecular complexity index is 537. The molecule has 18 heavy (non-hydrogen) atoms. The number of hydrogen-bond acceptors (Lipinski definition) is 5. The van der Waals surface area contributed by atoms with Gasteiger partial charge < -0.3 is 10.5 Å². The fraction of sp³-hybridized carbons (Fsp3) is 0.583. The van der Waals surface area contributed by atoms with E-state index in [4.69, 9.17) is 15.7 Å². The van der Waals surface area contributed by atoms with Gasteiger partial charge in [-0.05, 0) is 24.7 Å². The number of carbonyl (C=O) groups is 1. The number of aromatic nitrogens is 2. The summed E-state index contributed by atoms with van der Waals surface area (Å²) in [7, 11) is 0. The molecule has 2 aliphatic rings. The molecule has 6 heteroatoms. The molecule has 3 rings (SSSR count). The summed E-state index contributed by atoms with van der Waals surface area (Å²) < 4.78 is 6.50. The smallest absolute Gasteiger partial charge is 0.252 e. The molecule has 0 amide bonds. The summed E-state index contributed by atoms with van der Waals surface area (Å²) in [5.41, 5.74) is 6.08. The largest absolute Gasteiger partial charge is 0.382 e. The Hall–Kier alpha value is -1.87. The summed E-state index contributed by atoms with van der Waals surface area (Å²) in [5.74, 6) is 0.0441. The van der Waals surface area contributed by atoms with Gasteiger partial charge in [-0.1, -0.05) is 0 Å². The average Bonchev–Trinajstić information content (AvgIpc) is 2.94. The van der Waals surface area contributed by atoms with Gasteiger partial charge in [-0.25, -0.2) is 0 Å². The molecule has 1 aliphatic carbocycles. The highest BCUT2D eigenvalue weighted by molar-refractivity contribution is 5.87. The van der Waals surface area contributed by atoms with Crippen molar-refractivity contribution in [3.05, 3.63) is 11.8 Å². The van der Waals surface area contributed by atoms with Crippen molar-refractivity contribution in [2.45, 2.75) is 19.3 Å². The van der Waals surface area contributed by atoms with Crippen LogP contribution in [-0.4, -0.2) is 28.9 Å². The van der Waals surface area contributed by atoms with Crippen LogP contribution in [0, 0.1) is 22.7 Å². The molecule has 6 nitrogen and oxygen atoms in total. The number of nitrogen functional groups attached to an aromatic ring is 1. The summed E-state index contributed by atoms with van der Waals surface area (Å²) in [6.07, 6.45) is 4.08. The second-order valence-corrected chi connectivity index (χ2v) is 5.04. The van der Waals surface area contributed by atoms with Crippen molar-refractivity contribution in [2.75, 3.05) is 18.9 Å². The molecule has 0 aromatic carbocycles. The van der Waals surface area contributed by atoms with Gasteiger partial charge in [0.15, 0.2) is 0 Å². The van der Waals surface area contributed by atoms with E-state index in [0.717, 1.165) is 32.5 Å². The zero-order valence-electron chi connectivity index (χ0n) is 9.93. The standard InChI is InChI=1S/C12H14N4O2/c13-6-8-7-15-16(10(8)14)11(17)9-5-12(9)1-3-18-4-2-12/h7,9H,1-5,14H2. The van der Waals surface area contributed by atoms with E-state index in [0.29, 0.717) is 0 Å². The highest BCUT2D eigenvalue weighted by Gasteiger charge is 2.58. The van der Waals surface area contributed by atoms with Crippen molar-refractivity contribution in [1.29, 1.82) is 5.26 Å². The summed E-state index contributed by atoms with van der Waals surface area (Å²) in [6, 6.07) is 1.92. The van der Waals surface area contributed by atoms with Crippen molar-refractivity contribution >= 4 is 11.7 Å². The summed E-state index contributed by atoms with van der Waals surface area (Å²) in [6.45, 7) is 1.45. The summed E-state index contributed by atoms with van der Waals surface area (Å²) >= 11 is 0. The van der Waals surface area contributed by atoms with Gasteiger partial charge in [0.2, 0.25) is 0 Å². The summed E-state index contributed by atoms with van der Waals surface area (Å²) in [4.78, 5) is 12.3. The van der Waals surface area contributed by atoms with Crippen molar-refractivity contribution in [3.8, 4) is 6.07 Å². The predicted molar refractivity (Wildman–Crippen MR) is 62.6 cm³/mol. The van der Waals surface area contributed by atoms with Gasteiger partial charge in [0, 0.05) is 19.1 Å². The first-order valence-corrected chi connectivity index (χ1v) is 6.03. The topological polar surface area (TPSA) is 93.9 Å². The Kier molecular flexibility index (Phi) is 2.38. The van der Waals surface area contributed by atoms with Gasteiger partial charge in [0.05, 0.1) is 6.20 Å². The molecule has 1 saturated heterocycles. The number of anilines is 1. The molecule has 1 aliphatic heterocycles. The molecular weight excluding hydrogens is 232 g/mol. The fourth-order valence-electron chi connectivity index (χ4n) is 2.79. The zero-order chi connectivity index (χ0) is 12.8. The highest BCUT2D eigenvalue weighted by atomic mass is 16.5. The van der Waals surface area contributed by atoms with E-state index in [1.54, 1.807) is 0 Å². The minimum Gasteiger partial charge on any atom is -0.382 e. The van der Waals surface area contributed by atoms with Gasteiger partial charge >= 0.3 is 0 Å². The van der Waals surface area contributed by atoms with Crippen LogP contribution in [0.25, 0.3) is 0 Å². The van der Waals surface area contributed by atoms with Crippen molar-refractivity contribution < 1.29 is 9.53 Å². The molecule has 1 unspecified atom stereocenters. The number of nitrogens with two attached hydrogens (primary N) is 1. The monoisotopic (exact) mass is 246 g/mol. The third-order valence-electron chi connectivity index (χ3n) is 4.11. The average molecular weight is 246 g/mol. The lowest BCUT2D eigenvalue weighted by Gasteiger charge is -2.22. The van der Waals surface area contributed by atoms with Gasteiger partial charge in [-0.2, -0.15) is 15.0 Å². The van der Waals surface area contributed by atoms with E-state index >= 15 is 0 Å². The minimum atomic E-state index is -0.0871. The lowest BCUT2D eigenvalue weighted by Crippen LogP contribution is -2.25. The quantitative estimate of drug-likeness (QED) is 0.790. The molecule has 2 N–H and O–H groups in total. The maximum absolute atomic E-state index is 12.3. The lowest BCUT2D eigenvalue weighted by molar-refractivity contribution is 0.0485. The molecule has 1 aromatic rings. The Morgan fingerprint density at radius 1 is 1.61 bits per heavy atom. The molecule has 2 heterocycles. The maximum atomic E-state index is 12.3. The van der Waals surface area contributed by atoms with Gasteiger partial charge in [0.25, 0.3) is 5.91 Å². The fourth-order valence-corrected chi connectivity index (χ4v) is 2.79. The normalized spacial score (nSPS) is 24.7. The van der Waals surface area contributed by atoms with Gasteiger partial charge in [0.1, 0.15) is 17.5 Å². The van der Waals surface area contributed by atoms with Crippen LogP contribution in [0.4, 0.5) is 5.82 Å². The van der Waals surface area contributed by atoms with E-state index in [9.17, 15) is 4.79 Å². The SMILES string of the molecule is N#Cc1cnn(C(=O)C2CC23CCOCC3)c1N.